The number of nitrogens with zero attached hydrogens (tertiary/aromatic N) is 1. The quantitative estimate of drug-likeness (QED) is 0.685. The second kappa shape index (κ2) is 7.25. The van der Waals surface area contributed by atoms with Gasteiger partial charge in [0.1, 0.15) is 23.8 Å². The number of fused-ring (bicyclic) bond motifs is 1. The van der Waals surface area contributed by atoms with Crippen LogP contribution in [0.25, 0.3) is 10.1 Å². The maximum absolute atomic E-state index is 12.3. The van der Waals surface area contributed by atoms with Crippen LogP contribution in [0.3, 0.4) is 0 Å². The van der Waals surface area contributed by atoms with Gasteiger partial charge in [0.15, 0.2) is 0 Å². The Morgan fingerprint density at radius 1 is 1.32 bits per heavy atom. The second-order valence-electron chi connectivity index (χ2n) is 5.39. The van der Waals surface area contributed by atoms with E-state index in [0.29, 0.717) is 21.4 Å². The summed E-state index contributed by atoms with van der Waals surface area (Å²) in [5.41, 5.74) is 1.40. The van der Waals surface area contributed by atoms with Crippen LogP contribution in [0.2, 0.25) is 5.02 Å². The number of amides is 1. The average molecular weight is 379 g/mol. The average Bonchev–Trinajstić information content (AvgIpc) is 3.11. The normalized spacial score (nSPS) is 10.8. The maximum Gasteiger partial charge on any atom is 0.325 e. The van der Waals surface area contributed by atoms with Crippen molar-refractivity contribution in [3.05, 3.63) is 51.2 Å². The molecule has 0 aliphatic carbocycles. The number of ether oxygens (including phenoxy) is 1. The first-order chi connectivity index (χ1) is 12.0. The Labute approximate surface area is 152 Å². The topological polar surface area (TPSA) is 81.4 Å². The SMILES string of the molecule is Cc1noc(C)c1COC(=O)CNC(=O)c1sc2ccccc2c1Cl. The number of benzene rings is 1. The number of rotatable bonds is 5. The summed E-state index contributed by atoms with van der Waals surface area (Å²) in [6, 6.07) is 7.47. The molecular formula is C17H15ClN2O4S. The summed E-state index contributed by atoms with van der Waals surface area (Å²) < 4.78 is 11.1. The molecule has 6 nitrogen and oxygen atoms in total. The number of halogens is 1. The lowest BCUT2D eigenvalue weighted by atomic mass is 10.2. The molecule has 1 N–H and O–H groups in total. The van der Waals surface area contributed by atoms with Gasteiger partial charge in [-0.1, -0.05) is 35.0 Å². The highest BCUT2D eigenvalue weighted by atomic mass is 35.5. The standard InChI is InChI=1S/C17H15ClN2O4S/c1-9-12(10(2)24-20-9)8-23-14(21)7-19-17(22)16-15(18)11-5-3-4-6-13(11)25-16/h3-6H,7-8H2,1-2H3,(H,19,22). The first kappa shape index (κ1) is 17.4. The molecule has 25 heavy (non-hydrogen) atoms. The number of carbonyl (C=O) groups is 2. The minimum Gasteiger partial charge on any atom is -0.459 e. The molecule has 2 heterocycles. The molecule has 0 fully saturated rings. The van der Waals surface area contributed by atoms with Gasteiger partial charge in [0.25, 0.3) is 5.91 Å². The van der Waals surface area contributed by atoms with Crippen molar-refractivity contribution in [2.75, 3.05) is 6.54 Å². The first-order valence-corrected chi connectivity index (χ1v) is 8.69. The van der Waals surface area contributed by atoms with E-state index in [1.54, 1.807) is 13.8 Å². The van der Waals surface area contributed by atoms with E-state index in [2.05, 4.69) is 10.5 Å². The zero-order valence-electron chi connectivity index (χ0n) is 13.6. The molecule has 0 bridgehead atoms. The molecule has 0 saturated carbocycles. The van der Waals surface area contributed by atoms with Gasteiger partial charge >= 0.3 is 5.97 Å². The molecule has 8 heteroatoms. The van der Waals surface area contributed by atoms with Gasteiger partial charge in [-0.25, -0.2) is 0 Å². The van der Waals surface area contributed by atoms with Gasteiger partial charge < -0.3 is 14.6 Å². The Morgan fingerprint density at radius 3 is 2.76 bits per heavy atom. The number of nitrogens with one attached hydrogen (secondary N) is 1. The lowest BCUT2D eigenvalue weighted by molar-refractivity contribution is -0.143. The number of hydrogen-bond acceptors (Lipinski definition) is 6. The molecule has 3 aromatic rings. The number of esters is 1. The van der Waals surface area contributed by atoms with Gasteiger partial charge in [0, 0.05) is 10.1 Å². The van der Waals surface area contributed by atoms with Crippen LogP contribution in [0.4, 0.5) is 0 Å². The van der Waals surface area contributed by atoms with E-state index in [0.717, 1.165) is 15.6 Å². The summed E-state index contributed by atoms with van der Waals surface area (Å²) >= 11 is 7.53. The number of hydrogen-bond donors (Lipinski definition) is 1. The Morgan fingerprint density at radius 2 is 2.08 bits per heavy atom. The number of aromatic nitrogens is 1. The highest BCUT2D eigenvalue weighted by Crippen LogP contribution is 2.34. The van der Waals surface area contributed by atoms with Crippen LogP contribution in [0.1, 0.15) is 26.7 Å². The van der Waals surface area contributed by atoms with Crippen LogP contribution in [0.5, 0.6) is 0 Å². The lowest BCUT2D eigenvalue weighted by Crippen LogP contribution is -2.30. The highest BCUT2D eigenvalue weighted by Gasteiger charge is 2.18. The van der Waals surface area contributed by atoms with Crippen molar-refractivity contribution in [3.8, 4) is 0 Å². The van der Waals surface area contributed by atoms with Crippen molar-refractivity contribution in [1.82, 2.24) is 10.5 Å². The Hall–Kier alpha value is -2.38. The third kappa shape index (κ3) is 3.67. The number of aryl methyl sites for hydroxylation is 2. The van der Waals surface area contributed by atoms with Crippen LogP contribution in [0, 0.1) is 13.8 Å². The predicted molar refractivity (Wildman–Crippen MR) is 94.9 cm³/mol. The van der Waals surface area contributed by atoms with E-state index < -0.39 is 11.9 Å². The van der Waals surface area contributed by atoms with E-state index in [9.17, 15) is 9.59 Å². The molecule has 0 atom stereocenters. The van der Waals surface area contributed by atoms with Gasteiger partial charge in [-0.05, 0) is 19.9 Å². The molecule has 2 aromatic heterocycles. The maximum atomic E-state index is 12.3. The zero-order chi connectivity index (χ0) is 18.0. The van der Waals surface area contributed by atoms with Crippen LogP contribution in [-0.2, 0) is 16.1 Å². The summed E-state index contributed by atoms with van der Waals surface area (Å²) in [6.07, 6.45) is 0. The Bertz CT molecular complexity index is 928. The van der Waals surface area contributed by atoms with E-state index in [1.165, 1.54) is 11.3 Å². The second-order valence-corrected chi connectivity index (χ2v) is 6.82. The molecule has 130 valence electrons. The van der Waals surface area contributed by atoms with Crippen molar-refractivity contribution in [2.24, 2.45) is 0 Å². The fourth-order valence-corrected chi connectivity index (χ4v) is 3.74. The fraction of sp³-hybridized carbons (Fsp3) is 0.235. The fourth-order valence-electron chi connectivity index (χ4n) is 2.30. The van der Waals surface area contributed by atoms with Crippen molar-refractivity contribution >= 4 is 44.9 Å². The number of thiophene rings is 1. The number of carbonyl (C=O) groups excluding carboxylic acids is 2. The minimum atomic E-state index is -0.550. The third-order valence-electron chi connectivity index (χ3n) is 3.69. The van der Waals surface area contributed by atoms with Gasteiger partial charge in [-0.15, -0.1) is 11.3 Å². The minimum absolute atomic E-state index is 0.0551. The van der Waals surface area contributed by atoms with Gasteiger partial charge in [-0.3, -0.25) is 9.59 Å². The predicted octanol–water partition coefficient (Wildman–Crippen LogP) is 3.63. The molecule has 0 unspecified atom stereocenters. The summed E-state index contributed by atoms with van der Waals surface area (Å²) in [4.78, 5) is 24.5. The lowest BCUT2D eigenvalue weighted by Gasteiger charge is -2.06. The molecule has 0 aliphatic heterocycles. The van der Waals surface area contributed by atoms with Gasteiger partial charge in [0.2, 0.25) is 0 Å². The molecule has 0 spiro atoms. The van der Waals surface area contributed by atoms with Crippen molar-refractivity contribution in [1.29, 1.82) is 0 Å². The van der Waals surface area contributed by atoms with E-state index in [1.807, 2.05) is 24.3 Å². The monoisotopic (exact) mass is 378 g/mol. The van der Waals surface area contributed by atoms with Crippen molar-refractivity contribution < 1.29 is 18.8 Å². The molecule has 1 amide bonds. The summed E-state index contributed by atoms with van der Waals surface area (Å²) in [7, 11) is 0. The van der Waals surface area contributed by atoms with E-state index >= 15 is 0 Å². The first-order valence-electron chi connectivity index (χ1n) is 7.50. The van der Waals surface area contributed by atoms with Crippen LogP contribution >= 0.6 is 22.9 Å². The van der Waals surface area contributed by atoms with Crippen molar-refractivity contribution in [2.45, 2.75) is 20.5 Å². The van der Waals surface area contributed by atoms with Crippen LogP contribution < -0.4 is 5.32 Å². The molecule has 0 saturated heterocycles. The molecular weight excluding hydrogens is 364 g/mol. The highest BCUT2D eigenvalue weighted by molar-refractivity contribution is 7.21. The van der Waals surface area contributed by atoms with Gasteiger partial charge in [0.05, 0.1) is 16.3 Å². The van der Waals surface area contributed by atoms with Gasteiger partial charge in [-0.2, -0.15) is 0 Å². The largest absolute Gasteiger partial charge is 0.459 e. The van der Waals surface area contributed by atoms with Crippen LogP contribution in [0.15, 0.2) is 28.8 Å². The summed E-state index contributed by atoms with van der Waals surface area (Å²) in [6.45, 7) is 3.33. The summed E-state index contributed by atoms with van der Waals surface area (Å²) in [5, 5.41) is 7.53. The third-order valence-corrected chi connectivity index (χ3v) is 5.37. The molecule has 1 aromatic carbocycles. The van der Waals surface area contributed by atoms with E-state index in [4.69, 9.17) is 20.9 Å². The van der Waals surface area contributed by atoms with Crippen LogP contribution in [-0.4, -0.2) is 23.6 Å². The Kier molecular flexibility index (Phi) is 5.06. The molecule has 0 radical (unpaired) electrons. The molecule has 0 aliphatic rings. The Balaban J connectivity index is 1.58. The molecule has 3 rings (SSSR count). The summed E-state index contributed by atoms with van der Waals surface area (Å²) in [5.74, 6) is -0.350. The van der Waals surface area contributed by atoms with E-state index in [-0.39, 0.29) is 13.2 Å². The smallest absolute Gasteiger partial charge is 0.325 e. The van der Waals surface area contributed by atoms with Crippen molar-refractivity contribution in [3.63, 3.8) is 0 Å². The zero-order valence-corrected chi connectivity index (χ0v) is 15.2.